The first-order valence-electron chi connectivity index (χ1n) is 7.75. The zero-order chi connectivity index (χ0) is 17.2. The number of H-pyrrole nitrogens is 1. The summed E-state index contributed by atoms with van der Waals surface area (Å²) < 4.78 is 0. The molecule has 24 heavy (non-hydrogen) atoms. The van der Waals surface area contributed by atoms with Crippen LogP contribution in [0, 0.1) is 0 Å². The fourth-order valence-electron chi connectivity index (χ4n) is 2.50. The highest BCUT2D eigenvalue weighted by atomic mass is 35.5. The Kier molecular flexibility index (Phi) is 4.83. The van der Waals surface area contributed by atoms with Gasteiger partial charge >= 0.3 is 0 Å². The van der Waals surface area contributed by atoms with Crippen molar-refractivity contribution >= 4 is 29.2 Å². The van der Waals surface area contributed by atoms with Crippen LogP contribution in [-0.2, 0) is 5.41 Å². The molecule has 1 aromatic heterocycles. The molecule has 0 aliphatic heterocycles. The Balaban J connectivity index is 1.71. The number of halogens is 2. The minimum atomic E-state index is -0.117. The van der Waals surface area contributed by atoms with Gasteiger partial charge in [-0.25, -0.2) is 4.98 Å². The van der Waals surface area contributed by atoms with E-state index in [2.05, 4.69) is 41.3 Å². The SMILES string of the molecule is CC(C)(CNc1ncc(-c2ccccc2)[nH]1)c1ccc(Cl)c(Cl)c1. The lowest BCUT2D eigenvalue weighted by molar-refractivity contribution is 0.555. The number of rotatable bonds is 5. The van der Waals surface area contributed by atoms with E-state index in [0.29, 0.717) is 16.6 Å². The zero-order valence-electron chi connectivity index (χ0n) is 13.6. The second-order valence-electron chi connectivity index (χ2n) is 6.38. The smallest absolute Gasteiger partial charge is 0.200 e. The van der Waals surface area contributed by atoms with Crippen molar-refractivity contribution in [2.24, 2.45) is 0 Å². The molecule has 0 spiro atoms. The lowest BCUT2D eigenvalue weighted by atomic mass is 9.84. The first-order valence-corrected chi connectivity index (χ1v) is 8.51. The molecule has 0 saturated carbocycles. The van der Waals surface area contributed by atoms with Crippen LogP contribution >= 0.6 is 23.2 Å². The lowest BCUT2D eigenvalue weighted by Crippen LogP contribution is -2.28. The van der Waals surface area contributed by atoms with Crippen molar-refractivity contribution in [2.45, 2.75) is 19.3 Å². The maximum atomic E-state index is 6.14. The van der Waals surface area contributed by atoms with E-state index >= 15 is 0 Å². The Bertz CT molecular complexity index is 826. The van der Waals surface area contributed by atoms with Crippen LogP contribution in [0.4, 0.5) is 5.95 Å². The number of anilines is 1. The summed E-state index contributed by atoms with van der Waals surface area (Å²) in [5.41, 5.74) is 3.11. The fraction of sp³-hybridized carbons (Fsp3) is 0.211. The molecule has 0 atom stereocenters. The monoisotopic (exact) mass is 359 g/mol. The highest BCUT2D eigenvalue weighted by Gasteiger charge is 2.21. The van der Waals surface area contributed by atoms with E-state index < -0.39 is 0 Å². The first-order chi connectivity index (χ1) is 11.5. The van der Waals surface area contributed by atoms with Gasteiger partial charge in [0.2, 0.25) is 5.95 Å². The summed E-state index contributed by atoms with van der Waals surface area (Å²) in [6.07, 6.45) is 1.84. The van der Waals surface area contributed by atoms with Gasteiger partial charge in [-0.3, -0.25) is 0 Å². The van der Waals surface area contributed by atoms with Crippen molar-refractivity contribution < 1.29 is 0 Å². The second kappa shape index (κ2) is 6.88. The summed E-state index contributed by atoms with van der Waals surface area (Å²) >= 11 is 12.1. The molecule has 0 saturated heterocycles. The Hall–Kier alpha value is -1.97. The molecule has 0 fully saturated rings. The molecule has 124 valence electrons. The van der Waals surface area contributed by atoms with Crippen molar-refractivity contribution in [2.75, 3.05) is 11.9 Å². The maximum absolute atomic E-state index is 6.14. The van der Waals surface area contributed by atoms with Crippen molar-refractivity contribution in [3.8, 4) is 11.3 Å². The molecule has 0 unspecified atom stereocenters. The lowest BCUT2D eigenvalue weighted by Gasteiger charge is -2.26. The van der Waals surface area contributed by atoms with Gasteiger partial charge in [-0.15, -0.1) is 0 Å². The van der Waals surface area contributed by atoms with E-state index in [1.165, 1.54) is 0 Å². The van der Waals surface area contributed by atoms with Crippen LogP contribution in [0.1, 0.15) is 19.4 Å². The van der Waals surface area contributed by atoms with Gasteiger partial charge in [0, 0.05) is 12.0 Å². The molecule has 0 aliphatic rings. The molecule has 0 bridgehead atoms. The standard InChI is InChI=1S/C19H19Cl2N3/c1-19(2,14-8-9-15(20)16(21)10-14)12-23-18-22-11-17(24-18)13-6-4-3-5-7-13/h3-11H,12H2,1-2H3,(H2,22,23,24). The van der Waals surface area contributed by atoms with Crippen LogP contribution in [0.3, 0.4) is 0 Å². The highest BCUT2D eigenvalue weighted by Crippen LogP contribution is 2.30. The van der Waals surface area contributed by atoms with Crippen LogP contribution in [0.15, 0.2) is 54.7 Å². The summed E-state index contributed by atoms with van der Waals surface area (Å²) in [6, 6.07) is 15.9. The third-order valence-corrected chi connectivity index (χ3v) is 4.80. The molecule has 2 N–H and O–H groups in total. The van der Waals surface area contributed by atoms with E-state index in [4.69, 9.17) is 23.2 Å². The quantitative estimate of drug-likeness (QED) is 0.606. The van der Waals surface area contributed by atoms with Gasteiger partial charge in [0.15, 0.2) is 0 Å². The zero-order valence-corrected chi connectivity index (χ0v) is 15.1. The van der Waals surface area contributed by atoms with E-state index in [1.807, 2.05) is 42.6 Å². The van der Waals surface area contributed by atoms with Crippen LogP contribution < -0.4 is 5.32 Å². The molecular formula is C19H19Cl2N3. The highest BCUT2D eigenvalue weighted by molar-refractivity contribution is 6.42. The average molecular weight is 360 g/mol. The Labute approximate surface area is 152 Å². The predicted octanol–water partition coefficient (Wildman–Crippen LogP) is 5.77. The summed E-state index contributed by atoms with van der Waals surface area (Å²) in [6.45, 7) is 5.02. The molecule has 3 rings (SSSR count). The normalized spacial score (nSPS) is 11.5. The van der Waals surface area contributed by atoms with Crippen LogP contribution in [0.25, 0.3) is 11.3 Å². The molecule has 0 aliphatic carbocycles. The van der Waals surface area contributed by atoms with E-state index in [-0.39, 0.29) is 5.41 Å². The number of imidazole rings is 1. The van der Waals surface area contributed by atoms with E-state index in [0.717, 1.165) is 22.8 Å². The number of nitrogens with one attached hydrogen (secondary N) is 2. The van der Waals surface area contributed by atoms with Crippen LogP contribution in [0.2, 0.25) is 10.0 Å². The third kappa shape index (κ3) is 3.74. The van der Waals surface area contributed by atoms with Crippen LogP contribution in [-0.4, -0.2) is 16.5 Å². The maximum Gasteiger partial charge on any atom is 0.200 e. The van der Waals surface area contributed by atoms with Crippen molar-refractivity contribution in [3.05, 3.63) is 70.3 Å². The summed E-state index contributed by atoms with van der Waals surface area (Å²) in [7, 11) is 0. The summed E-state index contributed by atoms with van der Waals surface area (Å²) in [5, 5.41) is 4.51. The minimum absolute atomic E-state index is 0.117. The number of hydrogen-bond donors (Lipinski definition) is 2. The van der Waals surface area contributed by atoms with Gasteiger partial charge in [0.1, 0.15) is 0 Å². The molecule has 2 aromatic carbocycles. The van der Waals surface area contributed by atoms with Gasteiger partial charge in [-0.2, -0.15) is 0 Å². The second-order valence-corrected chi connectivity index (χ2v) is 7.19. The topological polar surface area (TPSA) is 40.7 Å². The van der Waals surface area contributed by atoms with Crippen LogP contribution in [0.5, 0.6) is 0 Å². The number of aromatic nitrogens is 2. The van der Waals surface area contributed by atoms with Crippen molar-refractivity contribution in [1.82, 2.24) is 9.97 Å². The van der Waals surface area contributed by atoms with Gasteiger partial charge in [-0.05, 0) is 23.3 Å². The number of hydrogen-bond acceptors (Lipinski definition) is 2. The number of benzene rings is 2. The molecule has 3 aromatic rings. The Morgan fingerprint density at radius 3 is 2.50 bits per heavy atom. The average Bonchev–Trinajstić information content (AvgIpc) is 3.05. The molecule has 5 heteroatoms. The van der Waals surface area contributed by atoms with Gasteiger partial charge in [0.25, 0.3) is 0 Å². The number of aromatic amines is 1. The molecule has 1 heterocycles. The Morgan fingerprint density at radius 1 is 1.04 bits per heavy atom. The largest absolute Gasteiger partial charge is 0.355 e. The van der Waals surface area contributed by atoms with Gasteiger partial charge < -0.3 is 10.3 Å². The molecule has 0 amide bonds. The predicted molar refractivity (Wildman–Crippen MR) is 102 cm³/mol. The van der Waals surface area contributed by atoms with Crippen molar-refractivity contribution in [1.29, 1.82) is 0 Å². The molecule has 3 nitrogen and oxygen atoms in total. The fourth-order valence-corrected chi connectivity index (χ4v) is 2.80. The van der Waals surface area contributed by atoms with Gasteiger partial charge in [-0.1, -0.05) is 73.4 Å². The van der Waals surface area contributed by atoms with E-state index in [9.17, 15) is 0 Å². The van der Waals surface area contributed by atoms with Crippen molar-refractivity contribution in [3.63, 3.8) is 0 Å². The summed E-state index contributed by atoms with van der Waals surface area (Å²) in [4.78, 5) is 7.71. The third-order valence-electron chi connectivity index (χ3n) is 4.06. The van der Waals surface area contributed by atoms with E-state index in [1.54, 1.807) is 0 Å². The summed E-state index contributed by atoms with van der Waals surface area (Å²) in [5.74, 6) is 0.752. The number of nitrogens with zero attached hydrogens (tertiary/aromatic N) is 1. The van der Waals surface area contributed by atoms with Gasteiger partial charge in [0.05, 0.1) is 21.9 Å². The molecular weight excluding hydrogens is 341 g/mol. The molecule has 0 radical (unpaired) electrons. The minimum Gasteiger partial charge on any atom is -0.355 e. The first kappa shape index (κ1) is 16.9. The Morgan fingerprint density at radius 2 is 1.79 bits per heavy atom.